The maximum atomic E-state index is 5.79. The summed E-state index contributed by atoms with van der Waals surface area (Å²) in [5.74, 6) is 0. The van der Waals surface area contributed by atoms with Gasteiger partial charge in [-0.15, -0.1) is 0 Å². The lowest BCUT2D eigenvalue weighted by atomic mass is 10.1. The molecule has 0 saturated carbocycles. The van der Waals surface area contributed by atoms with Gasteiger partial charge < -0.3 is 10.5 Å². The van der Waals surface area contributed by atoms with Gasteiger partial charge in [0, 0.05) is 17.9 Å². The van der Waals surface area contributed by atoms with Crippen molar-refractivity contribution in [3.63, 3.8) is 0 Å². The van der Waals surface area contributed by atoms with Crippen LogP contribution in [0.2, 0.25) is 0 Å². The third-order valence-corrected chi connectivity index (χ3v) is 1.67. The van der Waals surface area contributed by atoms with Gasteiger partial charge in [0.15, 0.2) is 0 Å². The first-order valence-corrected chi connectivity index (χ1v) is 4.74. The summed E-state index contributed by atoms with van der Waals surface area (Å²) in [4.78, 5) is 4.09. The van der Waals surface area contributed by atoms with E-state index in [4.69, 9.17) is 10.5 Å². The second-order valence-electron chi connectivity index (χ2n) is 4.35. The lowest BCUT2D eigenvalue weighted by Crippen LogP contribution is -2.37. The number of hydrogen-bond acceptors (Lipinski definition) is 3. The number of ether oxygens (including phenoxy) is 1. The summed E-state index contributed by atoms with van der Waals surface area (Å²) in [5.41, 5.74) is 7.77. The molecule has 14 heavy (non-hydrogen) atoms. The number of rotatable bonds is 4. The predicted molar refractivity (Wildman–Crippen MR) is 56.9 cm³/mol. The van der Waals surface area contributed by atoms with Crippen LogP contribution in [-0.4, -0.2) is 17.1 Å². The zero-order valence-electron chi connectivity index (χ0n) is 9.08. The van der Waals surface area contributed by atoms with Crippen LogP contribution < -0.4 is 5.73 Å². The summed E-state index contributed by atoms with van der Waals surface area (Å²) < 4.78 is 5.47. The average molecular weight is 194 g/mol. The van der Waals surface area contributed by atoms with Crippen LogP contribution in [0.25, 0.3) is 0 Å². The molecule has 0 unspecified atom stereocenters. The molecule has 1 heterocycles. The maximum absolute atomic E-state index is 5.79. The minimum absolute atomic E-state index is 0.267. The van der Waals surface area contributed by atoms with Gasteiger partial charge in [0.1, 0.15) is 0 Å². The second kappa shape index (κ2) is 4.53. The summed E-state index contributed by atoms with van der Waals surface area (Å²) in [6.45, 7) is 7.04. The molecule has 0 bridgehead atoms. The summed E-state index contributed by atoms with van der Waals surface area (Å²) in [6, 6.07) is 2.07. The van der Waals surface area contributed by atoms with Crippen LogP contribution in [0.15, 0.2) is 18.5 Å². The number of pyridine rings is 1. The van der Waals surface area contributed by atoms with Crippen molar-refractivity contribution in [3.05, 3.63) is 29.6 Å². The Morgan fingerprint density at radius 1 is 1.43 bits per heavy atom. The van der Waals surface area contributed by atoms with E-state index in [0.29, 0.717) is 13.2 Å². The largest absolute Gasteiger partial charge is 0.375 e. The molecule has 0 atom stereocenters. The molecular weight excluding hydrogens is 176 g/mol. The standard InChI is InChI=1S/C11H18N2O/c1-9-4-10(6-13-5-9)7-14-8-11(2,3)12/h4-6H,7-8,12H2,1-3H3. The molecule has 1 aromatic heterocycles. The molecule has 0 amide bonds. The van der Waals surface area contributed by atoms with Crippen molar-refractivity contribution < 1.29 is 4.74 Å². The van der Waals surface area contributed by atoms with E-state index < -0.39 is 0 Å². The van der Waals surface area contributed by atoms with Gasteiger partial charge in [-0.1, -0.05) is 6.07 Å². The lowest BCUT2D eigenvalue weighted by Gasteiger charge is -2.18. The monoisotopic (exact) mass is 194 g/mol. The van der Waals surface area contributed by atoms with E-state index in [2.05, 4.69) is 11.1 Å². The fourth-order valence-corrected chi connectivity index (χ4v) is 1.13. The normalized spacial score (nSPS) is 11.7. The van der Waals surface area contributed by atoms with Crippen LogP contribution in [0.1, 0.15) is 25.0 Å². The third kappa shape index (κ3) is 4.35. The van der Waals surface area contributed by atoms with E-state index >= 15 is 0 Å². The zero-order chi connectivity index (χ0) is 10.6. The number of nitrogens with zero attached hydrogens (tertiary/aromatic N) is 1. The number of hydrogen-bond donors (Lipinski definition) is 1. The van der Waals surface area contributed by atoms with E-state index in [1.807, 2.05) is 33.2 Å². The number of nitrogens with two attached hydrogens (primary N) is 1. The fraction of sp³-hybridized carbons (Fsp3) is 0.545. The van der Waals surface area contributed by atoms with Crippen molar-refractivity contribution in [3.8, 4) is 0 Å². The van der Waals surface area contributed by atoms with E-state index in [1.165, 1.54) is 0 Å². The molecule has 3 heteroatoms. The van der Waals surface area contributed by atoms with Crippen molar-refractivity contribution in [2.75, 3.05) is 6.61 Å². The van der Waals surface area contributed by atoms with Crippen molar-refractivity contribution in [1.82, 2.24) is 4.98 Å². The Morgan fingerprint density at radius 3 is 2.71 bits per heavy atom. The molecule has 0 fully saturated rings. The summed E-state index contributed by atoms with van der Waals surface area (Å²) in [6.07, 6.45) is 3.65. The highest BCUT2D eigenvalue weighted by atomic mass is 16.5. The van der Waals surface area contributed by atoms with E-state index in [0.717, 1.165) is 11.1 Å². The molecule has 0 radical (unpaired) electrons. The summed E-state index contributed by atoms with van der Waals surface area (Å²) >= 11 is 0. The molecule has 1 rings (SSSR count). The topological polar surface area (TPSA) is 48.1 Å². The van der Waals surface area contributed by atoms with Crippen LogP contribution in [0.4, 0.5) is 0 Å². The smallest absolute Gasteiger partial charge is 0.0732 e. The van der Waals surface area contributed by atoms with Gasteiger partial charge >= 0.3 is 0 Å². The molecule has 0 saturated heterocycles. The Balaban J connectivity index is 2.39. The van der Waals surface area contributed by atoms with Gasteiger partial charge in [-0.25, -0.2) is 0 Å². The van der Waals surface area contributed by atoms with Gasteiger partial charge in [-0.3, -0.25) is 4.98 Å². The van der Waals surface area contributed by atoms with Crippen LogP contribution in [0, 0.1) is 6.92 Å². The van der Waals surface area contributed by atoms with E-state index in [1.54, 1.807) is 0 Å². The second-order valence-corrected chi connectivity index (χ2v) is 4.35. The molecule has 2 N–H and O–H groups in total. The molecule has 78 valence electrons. The Labute approximate surface area is 85.3 Å². The molecule has 0 aromatic carbocycles. The van der Waals surface area contributed by atoms with Crippen LogP contribution >= 0.6 is 0 Å². The van der Waals surface area contributed by atoms with Crippen molar-refractivity contribution >= 4 is 0 Å². The molecule has 3 nitrogen and oxygen atoms in total. The first-order valence-electron chi connectivity index (χ1n) is 4.74. The molecule has 0 aliphatic carbocycles. The van der Waals surface area contributed by atoms with Crippen molar-refractivity contribution in [1.29, 1.82) is 0 Å². The summed E-state index contributed by atoms with van der Waals surface area (Å²) in [5, 5.41) is 0. The first-order chi connectivity index (χ1) is 6.47. The van der Waals surface area contributed by atoms with Gasteiger partial charge in [-0.2, -0.15) is 0 Å². The quantitative estimate of drug-likeness (QED) is 0.792. The first kappa shape index (κ1) is 11.1. The van der Waals surface area contributed by atoms with Crippen LogP contribution in [0.5, 0.6) is 0 Å². The van der Waals surface area contributed by atoms with Crippen molar-refractivity contribution in [2.24, 2.45) is 5.73 Å². The highest BCUT2D eigenvalue weighted by Gasteiger charge is 2.10. The molecule has 0 aliphatic heterocycles. The van der Waals surface area contributed by atoms with Crippen molar-refractivity contribution in [2.45, 2.75) is 32.9 Å². The molecule has 0 spiro atoms. The SMILES string of the molecule is Cc1cncc(COCC(C)(C)N)c1. The van der Waals surface area contributed by atoms with Gasteiger partial charge in [-0.05, 0) is 31.9 Å². The number of aryl methyl sites for hydroxylation is 1. The summed E-state index contributed by atoms with van der Waals surface area (Å²) in [7, 11) is 0. The van der Waals surface area contributed by atoms with Crippen LogP contribution in [-0.2, 0) is 11.3 Å². The maximum Gasteiger partial charge on any atom is 0.0732 e. The molecule has 0 aliphatic rings. The fourth-order valence-electron chi connectivity index (χ4n) is 1.13. The minimum Gasteiger partial charge on any atom is -0.375 e. The third-order valence-electron chi connectivity index (χ3n) is 1.67. The molecule has 1 aromatic rings. The van der Waals surface area contributed by atoms with E-state index in [9.17, 15) is 0 Å². The Kier molecular flexibility index (Phi) is 3.61. The minimum atomic E-state index is -0.267. The number of aromatic nitrogens is 1. The van der Waals surface area contributed by atoms with E-state index in [-0.39, 0.29) is 5.54 Å². The highest BCUT2D eigenvalue weighted by molar-refractivity contribution is 5.15. The predicted octanol–water partition coefficient (Wildman–Crippen LogP) is 1.64. The van der Waals surface area contributed by atoms with Gasteiger partial charge in [0.25, 0.3) is 0 Å². The average Bonchev–Trinajstić information content (AvgIpc) is 2.01. The van der Waals surface area contributed by atoms with Crippen LogP contribution in [0.3, 0.4) is 0 Å². The zero-order valence-corrected chi connectivity index (χ0v) is 9.08. The Morgan fingerprint density at radius 2 is 2.14 bits per heavy atom. The Hall–Kier alpha value is -0.930. The van der Waals surface area contributed by atoms with Gasteiger partial charge in [0.2, 0.25) is 0 Å². The van der Waals surface area contributed by atoms with Gasteiger partial charge in [0.05, 0.1) is 13.2 Å². The highest BCUT2D eigenvalue weighted by Crippen LogP contribution is 2.05. The lowest BCUT2D eigenvalue weighted by molar-refractivity contribution is 0.0849. The Bertz CT molecular complexity index is 292. The molecular formula is C11H18N2O.